The van der Waals surface area contributed by atoms with E-state index in [0.29, 0.717) is 6.61 Å². The molecule has 2 aromatic rings. The Morgan fingerprint density at radius 3 is 2.77 bits per heavy atom. The van der Waals surface area contributed by atoms with Gasteiger partial charge < -0.3 is 10.5 Å². The molecule has 3 rings (SSSR count). The first kappa shape index (κ1) is 15.3. The molecule has 1 aromatic carbocycles. The van der Waals surface area contributed by atoms with Gasteiger partial charge in [0.25, 0.3) is 0 Å². The monoisotopic (exact) mass is 379 g/mol. The number of fused-ring (bicyclic) bond motifs is 1. The Labute approximate surface area is 140 Å². The summed E-state index contributed by atoms with van der Waals surface area (Å²) in [6, 6.07) is 9.74. The SMILES string of the molecule is CCOC(=O)C1Sc2nc(N)nc(-c3ccccc3)c2C1Br. The van der Waals surface area contributed by atoms with Crippen LogP contribution in [0, 0.1) is 0 Å². The second-order valence-corrected chi connectivity index (χ2v) is 6.82. The number of nitrogens with zero attached hydrogens (tertiary/aromatic N) is 2. The average Bonchev–Trinajstić information content (AvgIpc) is 2.84. The summed E-state index contributed by atoms with van der Waals surface area (Å²) in [5.74, 6) is -0.0562. The summed E-state index contributed by atoms with van der Waals surface area (Å²) < 4.78 is 5.13. The van der Waals surface area contributed by atoms with Crippen molar-refractivity contribution in [3.05, 3.63) is 35.9 Å². The molecule has 0 amide bonds. The van der Waals surface area contributed by atoms with E-state index in [1.54, 1.807) is 6.92 Å². The topological polar surface area (TPSA) is 78.1 Å². The largest absolute Gasteiger partial charge is 0.465 e. The van der Waals surface area contributed by atoms with Gasteiger partial charge >= 0.3 is 5.97 Å². The number of esters is 1. The van der Waals surface area contributed by atoms with Crippen molar-refractivity contribution in [3.63, 3.8) is 0 Å². The maximum atomic E-state index is 12.1. The van der Waals surface area contributed by atoms with Crippen LogP contribution in [0.2, 0.25) is 0 Å². The molecule has 0 radical (unpaired) electrons. The van der Waals surface area contributed by atoms with Crippen LogP contribution in [0.25, 0.3) is 11.3 Å². The van der Waals surface area contributed by atoms with Gasteiger partial charge in [0.05, 0.1) is 17.1 Å². The van der Waals surface area contributed by atoms with Crippen molar-refractivity contribution in [1.29, 1.82) is 0 Å². The van der Waals surface area contributed by atoms with E-state index in [2.05, 4.69) is 25.9 Å². The minimum Gasteiger partial charge on any atom is -0.465 e. The van der Waals surface area contributed by atoms with Crippen LogP contribution in [0.5, 0.6) is 0 Å². The van der Waals surface area contributed by atoms with Gasteiger partial charge in [-0.05, 0) is 6.92 Å². The van der Waals surface area contributed by atoms with E-state index in [1.807, 2.05) is 30.3 Å². The molecule has 0 aliphatic carbocycles. The van der Waals surface area contributed by atoms with E-state index in [0.717, 1.165) is 21.8 Å². The zero-order chi connectivity index (χ0) is 15.7. The summed E-state index contributed by atoms with van der Waals surface area (Å²) in [5.41, 5.74) is 8.42. The van der Waals surface area contributed by atoms with Crippen molar-refractivity contribution in [3.8, 4) is 11.3 Å². The highest BCUT2D eigenvalue weighted by Crippen LogP contribution is 2.51. The lowest BCUT2D eigenvalue weighted by Crippen LogP contribution is -2.21. The highest BCUT2D eigenvalue weighted by Gasteiger charge is 2.41. The molecule has 0 saturated carbocycles. The van der Waals surface area contributed by atoms with Crippen LogP contribution in [0.4, 0.5) is 5.95 Å². The van der Waals surface area contributed by atoms with Crippen LogP contribution in [0.3, 0.4) is 0 Å². The van der Waals surface area contributed by atoms with Gasteiger partial charge in [-0.15, -0.1) is 0 Å². The number of nitrogen functional groups attached to an aromatic ring is 1. The van der Waals surface area contributed by atoms with Crippen molar-refractivity contribution < 1.29 is 9.53 Å². The molecule has 22 heavy (non-hydrogen) atoms. The van der Waals surface area contributed by atoms with Crippen LogP contribution in [-0.4, -0.2) is 27.8 Å². The lowest BCUT2D eigenvalue weighted by atomic mass is 10.0. The van der Waals surface area contributed by atoms with Gasteiger partial charge in [-0.3, -0.25) is 4.79 Å². The van der Waals surface area contributed by atoms with E-state index in [4.69, 9.17) is 10.5 Å². The summed E-state index contributed by atoms with van der Waals surface area (Å²) in [6.07, 6.45) is 0. The molecule has 1 aromatic heterocycles. The number of alkyl halides is 1. The zero-order valence-corrected chi connectivity index (χ0v) is 14.2. The Balaban J connectivity index is 2.06. The average molecular weight is 380 g/mol. The van der Waals surface area contributed by atoms with E-state index in [9.17, 15) is 4.79 Å². The molecule has 2 atom stereocenters. The summed E-state index contributed by atoms with van der Waals surface area (Å²) in [5, 5.41) is 0.347. The number of halogens is 1. The fraction of sp³-hybridized carbons (Fsp3) is 0.267. The summed E-state index contributed by atoms with van der Waals surface area (Å²) in [6.45, 7) is 2.15. The molecule has 0 fully saturated rings. The minimum absolute atomic E-state index is 0.203. The van der Waals surface area contributed by atoms with Gasteiger partial charge in [0.2, 0.25) is 5.95 Å². The number of aromatic nitrogens is 2. The molecule has 7 heteroatoms. The number of benzene rings is 1. The fourth-order valence-corrected chi connectivity index (χ4v) is 4.63. The van der Waals surface area contributed by atoms with Crippen molar-refractivity contribution in [2.45, 2.75) is 22.0 Å². The molecular formula is C15H14BrN3O2S. The molecule has 1 aliphatic heterocycles. The van der Waals surface area contributed by atoms with Crippen molar-refractivity contribution >= 4 is 39.6 Å². The standard InChI is InChI=1S/C15H14BrN3O2S/c1-2-21-14(20)12-10(16)9-11(8-6-4-3-5-7-8)18-15(17)19-13(9)22-12/h3-7,10,12H,2H2,1H3,(H2,17,18,19). The van der Waals surface area contributed by atoms with E-state index >= 15 is 0 Å². The first-order valence-electron chi connectivity index (χ1n) is 6.82. The first-order chi connectivity index (χ1) is 10.6. The van der Waals surface area contributed by atoms with Crippen LogP contribution in [-0.2, 0) is 9.53 Å². The number of carbonyl (C=O) groups is 1. The number of rotatable bonds is 3. The van der Waals surface area contributed by atoms with Gasteiger partial charge in [-0.25, -0.2) is 9.97 Å². The third-order valence-electron chi connectivity index (χ3n) is 3.27. The minimum atomic E-state index is -0.381. The number of hydrogen-bond donors (Lipinski definition) is 1. The first-order valence-corrected chi connectivity index (χ1v) is 8.61. The van der Waals surface area contributed by atoms with Crippen LogP contribution in [0.1, 0.15) is 17.3 Å². The Bertz CT molecular complexity index is 711. The predicted octanol–water partition coefficient (Wildman–Crippen LogP) is 3.20. The molecule has 114 valence electrons. The van der Waals surface area contributed by atoms with Gasteiger partial charge in [-0.1, -0.05) is 58.0 Å². The molecule has 0 bridgehead atoms. The molecule has 2 N–H and O–H groups in total. The number of hydrogen-bond acceptors (Lipinski definition) is 6. The van der Waals surface area contributed by atoms with Gasteiger partial charge in [0, 0.05) is 11.1 Å². The van der Waals surface area contributed by atoms with Gasteiger partial charge in [-0.2, -0.15) is 0 Å². The summed E-state index contributed by atoms with van der Waals surface area (Å²) >= 11 is 4.97. The third kappa shape index (κ3) is 2.70. The maximum Gasteiger partial charge on any atom is 0.320 e. The number of carbonyl (C=O) groups excluding carboxylic acids is 1. The molecule has 1 aliphatic rings. The van der Waals surface area contributed by atoms with Crippen molar-refractivity contribution in [2.24, 2.45) is 0 Å². The van der Waals surface area contributed by atoms with Crippen molar-refractivity contribution in [2.75, 3.05) is 12.3 Å². The second-order valence-electron chi connectivity index (χ2n) is 4.71. The number of thioether (sulfide) groups is 1. The normalized spacial score (nSPS) is 19.7. The van der Waals surface area contributed by atoms with E-state index < -0.39 is 0 Å². The highest BCUT2D eigenvalue weighted by atomic mass is 79.9. The smallest absolute Gasteiger partial charge is 0.320 e. The van der Waals surface area contributed by atoms with Crippen molar-refractivity contribution in [1.82, 2.24) is 9.97 Å². The molecule has 0 saturated heterocycles. The Hall–Kier alpha value is -1.60. The van der Waals surface area contributed by atoms with E-state index in [1.165, 1.54) is 11.8 Å². The quantitative estimate of drug-likeness (QED) is 0.501. The third-order valence-corrected chi connectivity index (χ3v) is 5.86. The molecule has 0 spiro atoms. The van der Waals surface area contributed by atoms with Crippen LogP contribution in [0.15, 0.2) is 35.4 Å². The van der Waals surface area contributed by atoms with E-state index in [-0.39, 0.29) is 22.0 Å². The molecule has 5 nitrogen and oxygen atoms in total. The number of ether oxygens (including phenoxy) is 1. The predicted molar refractivity (Wildman–Crippen MR) is 89.8 cm³/mol. The Morgan fingerprint density at radius 1 is 1.36 bits per heavy atom. The lowest BCUT2D eigenvalue weighted by Gasteiger charge is -2.13. The van der Waals surface area contributed by atoms with Gasteiger partial charge in [0.1, 0.15) is 10.3 Å². The number of nitrogens with two attached hydrogens (primary N) is 1. The highest BCUT2D eigenvalue weighted by molar-refractivity contribution is 9.09. The Kier molecular flexibility index (Phi) is 4.35. The zero-order valence-electron chi connectivity index (χ0n) is 11.8. The number of anilines is 1. The summed E-state index contributed by atoms with van der Waals surface area (Å²) in [4.78, 5) is 20.5. The van der Waals surface area contributed by atoms with Crippen LogP contribution < -0.4 is 5.73 Å². The summed E-state index contributed by atoms with van der Waals surface area (Å²) in [7, 11) is 0. The molecule has 2 unspecified atom stereocenters. The molecular weight excluding hydrogens is 366 g/mol. The fourth-order valence-electron chi connectivity index (χ4n) is 2.34. The van der Waals surface area contributed by atoms with Gasteiger partial charge in [0.15, 0.2) is 0 Å². The second kappa shape index (κ2) is 6.26. The lowest BCUT2D eigenvalue weighted by molar-refractivity contribution is -0.142. The Morgan fingerprint density at radius 2 is 2.09 bits per heavy atom. The molecule has 2 heterocycles. The van der Waals surface area contributed by atoms with Crippen LogP contribution >= 0.6 is 27.7 Å². The maximum absolute atomic E-state index is 12.1.